The van der Waals surface area contributed by atoms with Crippen molar-refractivity contribution in [3.63, 3.8) is 0 Å². The highest BCUT2D eigenvalue weighted by Crippen LogP contribution is 2.24. The molecule has 1 aliphatic heterocycles. The molecule has 3 rings (SSSR count). The van der Waals surface area contributed by atoms with Crippen molar-refractivity contribution in [2.24, 2.45) is 0 Å². The minimum Gasteiger partial charge on any atom is -0.408 e. The largest absolute Gasteiger partial charge is 0.417 e. The Bertz CT molecular complexity index is 661. The first-order valence-electron chi connectivity index (χ1n) is 7.72. The van der Waals surface area contributed by atoms with Crippen molar-refractivity contribution in [1.29, 1.82) is 0 Å². The molecule has 114 valence electrons. The van der Waals surface area contributed by atoms with Crippen molar-refractivity contribution >= 4 is 11.1 Å². The number of aliphatic hydroxyl groups excluding tert-OH is 1. The number of aliphatic hydroxyl groups is 1. The van der Waals surface area contributed by atoms with Crippen molar-refractivity contribution in [2.45, 2.75) is 44.8 Å². The monoisotopic (exact) mass is 290 g/mol. The maximum Gasteiger partial charge on any atom is 0.417 e. The van der Waals surface area contributed by atoms with Gasteiger partial charge >= 0.3 is 5.76 Å². The second-order valence-electron chi connectivity index (χ2n) is 5.84. The Morgan fingerprint density at radius 2 is 2.33 bits per heavy atom. The van der Waals surface area contributed by atoms with Crippen LogP contribution < -0.4 is 5.76 Å². The summed E-state index contributed by atoms with van der Waals surface area (Å²) in [4.78, 5) is 16.2. The number of hydrogen-bond acceptors (Lipinski definition) is 4. The lowest BCUT2D eigenvalue weighted by Gasteiger charge is -2.36. The van der Waals surface area contributed by atoms with E-state index in [0.717, 1.165) is 18.5 Å². The average molecular weight is 290 g/mol. The predicted octanol–water partition coefficient (Wildman–Crippen LogP) is 2.42. The van der Waals surface area contributed by atoms with Gasteiger partial charge in [-0.1, -0.05) is 19.4 Å². The van der Waals surface area contributed by atoms with Crippen molar-refractivity contribution in [3.05, 3.63) is 34.3 Å². The highest BCUT2D eigenvalue weighted by Gasteiger charge is 2.23. The molecule has 1 fully saturated rings. The third-order valence-electron chi connectivity index (χ3n) is 4.46. The number of piperidine rings is 1. The molecule has 2 atom stereocenters. The van der Waals surface area contributed by atoms with Gasteiger partial charge in [0.05, 0.1) is 11.6 Å². The van der Waals surface area contributed by atoms with Crippen LogP contribution in [0.15, 0.2) is 27.4 Å². The molecule has 21 heavy (non-hydrogen) atoms. The summed E-state index contributed by atoms with van der Waals surface area (Å²) in [5.74, 6) is -0.460. The van der Waals surface area contributed by atoms with Gasteiger partial charge in [0.1, 0.15) is 0 Å². The Kier molecular flexibility index (Phi) is 4.12. The molecule has 0 bridgehead atoms. The van der Waals surface area contributed by atoms with Crippen LogP contribution in [0.4, 0.5) is 0 Å². The summed E-state index contributed by atoms with van der Waals surface area (Å²) in [6.07, 6.45) is 4.27. The second-order valence-corrected chi connectivity index (χ2v) is 5.84. The van der Waals surface area contributed by atoms with Gasteiger partial charge in [0, 0.05) is 12.6 Å². The van der Waals surface area contributed by atoms with Crippen LogP contribution in [-0.4, -0.2) is 34.1 Å². The zero-order chi connectivity index (χ0) is 14.8. The first-order chi connectivity index (χ1) is 10.2. The lowest BCUT2D eigenvalue weighted by Crippen LogP contribution is -2.41. The normalized spacial score (nSPS) is 21.7. The number of rotatable bonds is 4. The molecule has 1 aromatic heterocycles. The van der Waals surface area contributed by atoms with Gasteiger partial charge in [-0.2, -0.15) is 0 Å². The lowest BCUT2D eigenvalue weighted by atomic mass is 9.98. The van der Waals surface area contributed by atoms with E-state index >= 15 is 0 Å². The fraction of sp³-hybridized carbons (Fsp3) is 0.562. The summed E-state index contributed by atoms with van der Waals surface area (Å²) in [6.45, 7) is 3.89. The molecule has 1 aliphatic rings. The average Bonchev–Trinajstić information content (AvgIpc) is 2.86. The number of nitrogens with zero attached hydrogens (tertiary/aromatic N) is 1. The van der Waals surface area contributed by atoms with E-state index < -0.39 is 11.9 Å². The molecule has 0 amide bonds. The zero-order valence-corrected chi connectivity index (χ0v) is 12.3. The van der Waals surface area contributed by atoms with Crippen LogP contribution in [0.25, 0.3) is 11.1 Å². The van der Waals surface area contributed by atoms with Crippen molar-refractivity contribution in [2.75, 3.05) is 13.1 Å². The molecule has 0 saturated carbocycles. The van der Waals surface area contributed by atoms with E-state index in [1.54, 1.807) is 12.1 Å². The number of nitrogens with one attached hydrogen (secondary N) is 1. The predicted molar refractivity (Wildman–Crippen MR) is 81.3 cm³/mol. The van der Waals surface area contributed by atoms with E-state index in [9.17, 15) is 9.90 Å². The quantitative estimate of drug-likeness (QED) is 0.907. The van der Waals surface area contributed by atoms with Gasteiger partial charge in [-0.3, -0.25) is 9.88 Å². The molecule has 0 aliphatic carbocycles. The Morgan fingerprint density at radius 1 is 1.48 bits per heavy atom. The summed E-state index contributed by atoms with van der Waals surface area (Å²) >= 11 is 0. The number of fused-ring (bicyclic) bond motifs is 1. The smallest absolute Gasteiger partial charge is 0.408 e. The molecule has 2 N–H and O–H groups in total. The molecular weight excluding hydrogens is 268 g/mol. The number of aromatic amines is 1. The van der Waals surface area contributed by atoms with Crippen LogP contribution in [0.3, 0.4) is 0 Å². The van der Waals surface area contributed by atoms with Crippen molar-refractivity contribution in [1.82, 2.24) is 9.88 Å². The summed E-state index contributed by atoms with van der Waals surface area (Å²) < 4.78 is 5.06. The number of likely N-dealkylation sites (tertiary alicyclic amines) is 1. The third-order valence-corrected chi connectivity index (χ3v) is 4.46. The van der Waals surface area contributed by atoms with Crippen LogP contribution in [0, 0.1) is 0 Å². The van der Waals surface area contributed by atoms with Gasteiger partial charge in [-0.05, 0) is 43.5 Å². The van der Waals surface area contributed by atoms with Gasteiger partial charge in [0.2, 0.25) is 0 Å². The molecule has 5 nitrogen and oxygen atoms in total. The number of β-amino-alcohol motifs (C(OH)–C–C–N with tert-alkyl or cyclic N) is 1. The van der Waals surface area contributed by atoms with Crippen LogP contribution in [0.5, 0.6) is 0 Å². The summed E-state index contributed by atoms with van der Waals surface area (Å²) in [5, 5.41) is 10.5. The lowest BCUT2D eigenvalue weighted by molar-refractivity contribution is 0.0656. The van der Waals surface area contributed by atoms with Gasteiger partial charge < -0.3 is 9.52 Å². The SMILES string of the molecule is CCC1CCCCN1CC(O)c1ccc2[nH]c(=O)oc2c1. The highest BCUT2D eigenvalue weighted by molar-refractivity contribution is 5.72. The minimum atomic E-state index is -0.554. The Balaban J connectivity index is 1.76. The molecule has 2 unspecified atom stereocenters. The number of benzene rings is 1. The van der Waals surface area contributed by atoms with Gasteiger partial charge in [-0.15, -0.1) is 0 Å². The van der Waals surface area contributed by atoms with Crippen LogP contribution in [-0.2, 0) is 0 Å². The number of hydrogen-bond donors (Lipinski definition) is 2. The second kappa shape index (κ2) is 6.03. The summed E-state index contributed by atoms with van der Waals surface area (Å²) in [7, 11) is 0. The van der Waals surface area contributed by atoms with E-state index in [-0.39, 0.29) is 0 Å². The van der Waals surface area contributed by atoms with E-state index in [1.165, 1.54) is 19.3 Å². The van der Waals surface area contributed by atoms with Gasteiger partial charge in [-0.25, -0.2) is 4.79 Å². The molecule has 2 aromatic rings. The molecular formula is C16H22N2O3. The number of H-pyrrole nitrogens is 1. The maximum atomic E-state index is 11.2. The summed E-state index contributed by atoms with van der Waals surface area (Å²) in [5.41, 5.74) is 1.97. The Morgan fingerprint density at radius 3 is 3.14 bits per heavy atom. The zero-order valence-electron chi connectivity index (χ0n) is 12.3. The topological polar surface area (TPSA) is 69.5 Å². The highest BCUT2D eigenvalue weighted by atomic mass is 16.4. The van der Waals surface area contributed by atoms with Gasteiger partial charge in [0.25, 0.3) is 0 Å². The molecule has 5 heteroatoms. The first kappa shape index (κ1) is 14.4. The Labute approximate surface area is 123 Å². The number of oxazole rings is 1. The Hall–Kier alpha value is -1.59. The van der Waals surface area contributed by atoms with Gasteiger partial charge in [0.15, 0.2) is 5.58 Å². The first-order valence-corrected chi connectivity index (χ1v) is 7.72. The van der Waals surface area contributed by atoms with Crippen LogP contribution in [0.2, 0.25) is 0 Å². The van der Waals surface area contributed by atoms with E-state index in [0.29, 0.717) is 23.7 Å². The van der Waals surface area contributed by atoms with E-state index in [1.807, 2.05) is 6.07 Å². The molecule has 0 spiro atoms. The van der Waals surface area contributed by atoms with E-state index in [4.69, 9.17) is 4.42 Å². The molecule has 2 heterocycles. The molecule has 0 radical (unpaired) electrons. The molecule has 1 aromatic carbocycles. The van der Waals surface area contributed by atoms with Crippen LogP contribution >= 0.6 is 0 Å². The fourth-order valence-electron chi connectivity index (χ4n) is 3.26. The fourth-order valence-corrected chi connectivity index (χ4v) is 3.26. The van der Waals surface area contributed by atoms with E-state index in [2.05, 4.69) is 16.8 Å². The third kappa shape index (κ3) is 3.04. The van der Waals surface area contributed by atoms with Crippen molar-refractivity contribution in [3.8, 4) is 0 Å². The van der Waals surface area contributed by atoms with Crippen LogP contribution in [0.1, 0.15) is 44.3 Å². The standard InChI is InChI=1S/C16H22N2O3/c1-2-12-5-3-4-8-18(12)10-14(19)11-6-7-13-15(9-11)21-16(20)17-13/h6-7,9,12,14,19H,2-5,8,10H2,1H3,(H,17,20). The molecule has 1 saturated heterocycles. The maximum absolute atomic E-state index is 11.2. The van der Waals surface area contributed by atoms with Crippen molar-refractivity contribution < 1.29 is 9.52 Å². The summed E-state index contributed by atoms with van der Waals surface area (Å²) in [6, 6.07) is 5.96. The minimum absolute atomic E-state index is 0.460. The number of aromatic nitrogens is 1.